The number of aryl methyl sites for hydroxylation is 1. The molecule has 5 nitrogen and oxygen atoms in total. The number of carbonyl (C=O) groups is 1. The van der Waals surface area contributed by atoms with Crippen molar-refractivity contribution in [3.8, 4) is 5.75 Å². The Bertz CT molecular complexity index is 664. The lowest BCUT2D eigenvalue weighted by atomic mass is 10.2. The van der Waals surface area contributed by atoms with Gasteiger partial charge in [-0.15, -0.1) is 0 Å². The van der Waals surface area contributed by atoms with Gasteiger partial charge in [0.25, 0.3) is 5.91 Å². The van der Waals surface area contributed by atoms with Crippen LogP contribution in [0.4, 0.5) is 11.5 Å². The van der Waals surface area contributed by atoms with E-state index in [1.165, 1.54) is 12.8 Å². The molecular formula is C18H21N3O2. The van der Waals surface area contributed by atoms with Crippen LogP contribution in [-0.4, -0.2) is 30.6 Å². The number of nitrogens with zero attached hydrogens (tertiary/aromatic N) is 2. The molecule has 23 heavy (non-hydrogen) atoms. The Hall–Kier alpha value is -2.56. The molecule has 1 amide bonds. The van der Waals surface area contributed by atoms with Gasteiger partial charge in [-0.2, -0.15) is 0 Å². The van der Waals surface area contributed by atoms with Crippen molar-refractivity contribution in [3.63, 3.8) is 0 Å². The number of anilines is 2. The molecule has 0 saturated carbocycles. The molecule has 1 aliphatic heterocycles. The first-order chi connectivity index (χ1) is 11.2. The van der Waals surface area contributed by atoms with Gasteiger partial charge in [-0.1, -0.05) is 12.1 Å². The zero-order valence-electron chi connectivity index (χ0n) is 13.3. The van der Waals surface area contributed by atoms with Crippen molar-refractivity contribution in [1.82, 2.24) is 4.98 Å². The first-order valence-corrected chi connectivity index (χ1v) is 7.91. The molecule has 0 aliphatic carbocycles. The number of pyridine rings is 1. The first-order valence-electron chi connectivity index (χ1n) is 7.91. The van der Waals surface area contributed by atoms with Crippen LogP contribution in [0.5, 0.6) is 5.75 Å². The van der Waals surface area contributed by atoms with E-state index in [0.29, 0.717) is 11.4 Å². The van der Waals surface area contributed by atoms with E-state index in [1.54, 1.807) is 6.20 Å². The largest absolute Gasteiger partial charge is 0.484 e. The normalized spacial score (nSPS) is 13.9. The first kappa shape index (κ1) is 15.3. The molecule has 0 radical (unpaired) electrons. The fourth-order valence-corrected chi connectivity index (χ4v) is 2.64. The van der Waals surface area contributed by atoms with Crippen molar-refractivity contribution in [2.24, 2.45) is 0 Å². The molecule has 0 atom stereocenters. The Morgan fingerprint density at radius 1 is 1.26 bits per heavy atom. The maximum atomic E-state index is 11.9. The van der Waals surface area contributed by atoms with Crippen LogP contribution in [0.1, 0.15) is 18.4 Å². The molecule has 2 heterocycles. The average molecular weight is 311 g/mol. The number of nitrogens with one attached hydrogen (secondary N) is 1. The number of benzene rings is 1. The highest BCUT2D eigenvalue weighted by Crippen LogP contribution is 2.19. The lowest BCUT2D eigenvalue weighted by molar-refractivity contribution is -0.118. The number of amides is 1. The summed E-state index contributed by atoms with van der Waals surface area (Å²) in [6, 6.07) is 11.5. The molecule has 2 aromatic rings. The summed E-state index contributed by atoms with van der Waals surface area (Å²) < 4.78 is 5.49. The number of ether oxygens (including phenoxy) is 1. The molecule has 1 aromatic heterocycles. The maximum absolute atomic E-state index is 11.9. The lowest BCUT2D eigenvalue weighted by Gasteiger charge is -2.16. The third kappa shape index (κ3) is 4.22. The second-order valence-corrected chi connectivity index (χ2v) is 5.75. The summed E-state index contributed by atoms with van der Waals surface area (Å²) in [5.74, 6) is 1.47. The van der Waals surface area contributed by atoms with Gasteiger partial charge in [-0.25, -0.2) is 4.98 Å². The van der Waals surface area contributed by atoms with E-state index in [4.69, 9.17) is 4.74 Å². The van der Waals surface area contributed by atoms with Gasteiger partial charge in [0.2, 0.25) is 0 Å². The quantitative estimate of drug-likeness (QED) is 0.922. The molecule has 1 aliphatic rings. The van der Waals surface area contributed by atoms with Crippen molar-refractivity contribution < 1.29 is 9.53 Å². The highest BCUT2D eigenvalue weighted by molar-refractivity contribution is 5.91. The Balaban J connectivity index is 1.51. The second-order valence-electron chi connectivity index (χ2n) is 5.75. The van der Waals surface area contributed by atoms with E-state index < -0.39 is 0 Å². The van der Waals surface area contributed by atoms with Crippen LogP contribution in [0.3, 0.4) is 0 Å². The molecule has 1 N–H and O–H groups in total. The van der Waals surface area contributed by atoms with Gasteiger partial charge in [0.05, 0.1) is 11.9 Å². The summed E-state index contributed by atoms with van der Waals surface area (Å²) in [6.45, 7) is 4.09. The molecule has 0 unspecified atom stereocenters. The number of hydrogen-bond donors (Lipinski definition) is 1. The monoisotopic (exact) mass is 311 g/mol. The predicted molar refractivity (Wildman–Crippen MR) is 91.0 cm³/mol. The summed E-state index contributed by atoms with van der Waals surface area (Å²) in [4.78, 5) is 18.6. The third-order valence-corrected chi connectivity index (χ3v) is 3.82. The minimum atomic E-state index is -0.192. The maximum Gasteiger partial charge on any atom is 0.262 e. The second kappa shape index (κ2) is 7.13. The summed E-state index contributed by atoms with van der Waals surface area (Å²) in [5.41, 5.74) is 1.79. The molecule has 3 rings (SSSR count). The van der Waals surface area contributed by atoms with Gasteiger partial charge in [0, 0.05) is 13.1 Å². The predicted octanol–water partition coefficient (Wildman–Crippen LogP) is 3.01. The van der Waals surface area contributed by atoms with Crippen LogP contribution in [0.15, 0.2) is 42.6 Å². The van der Waals surface area contributed by atoms with E-state index in [1.807, 2.05) is 43.3 Å². The topological polar surface area (TPSA) is 54.5 Å². The van der Waals surface area contributed by atoms with Crippen molar-refractivity contribution in [2.45, 2.75) is 19.8 Å². The molecule has 1 aromatic carbocycles. The van der Waals surface area contributed by atoms with Crippen LogP contribution >= 0.6 is 0 Å². The summed E-state index contributed by atoms with van der Waals surface area (Å²) in [7, 11) is 0. The number of carbonyl (C=O) groups excluding carboxylic acids is 1. The summed E-state index contributed by atoms with van der Waals surface area (Å²) in [6.07, 6.45) is 4.13. The molecule has 1 saturated heterocycles. The van der Waals surface area contributed by atoms with Crippen molar-refractivity contribution in [1.29, 1.82) is 0 Å². The highest BCUT2D eigenvalue weighted by Gasteiger charge is 2.13. The van der Waals surface area contributed by atoms with Crippen LogP contribution in [0, 0.1) is 6.92 Å². The van der Waals surface area contributed by atoms with E-state index in [9.17, 15) is 4.79 Å². The highest BCUT2D eigenvalue weighted by atomic mass is 16.5. The SMILES string of the molecule is Cc1cccc(OCC(=O)Nc2ccc(N3CCCC3)nc2)c1. The van der Waals surface area contributed by atoms with Crippen LogP contribution in [-0.2, 0) is 4.79 Å². The zero-order chi connectivity index (χ0) is 16.1. The van der Waals surface area contributed by atoms with Gasteiger partial charge in [-0.05, 0) is 49.6 Å². The minimum absolute atomic E-state index is 0.0165. The minimum Gasteiger partial charge on any atom is -0.484 e. The van der Waals surface area contributed by atoms with E-state index in [2.05, 4.69) is 15.2 Å². The summed E-state index contributed by atoms with van der Waals surface area (Å²) >= 11 is 0. The third-order valence-electron chi connectivity index (χ3n) is 3.82. The smallest absolute Gasteiger partial charge is 0.262 e. The van der Waals surface area contributed by atoms with E-state index in [0.717, 1.165) is 24.5 Å². The molecule has 0 bridgehead atoms. The Morgan fingerprint density at radius 2 is 2.09 bits per heavy atom. The standard InChI is InChI=1S/C18H21N3O2/c1-14-5-4-6-16(11-14)23-13-18(22)20-15-7-8-17(19-12-15)21-9-2-3-10-21/h4-8,11-12H,2-3,9-10,13H2,1H3,(H,20,22). The van der Waals surface area contributed by atoms with Crippen LogP contribution < -0.4 is 15.0 Å². The Kier molecular flexibility index (Phi) is 4.76. The van der Waals surface area contributed by atoms with E-state index in [-0.39, 0.29) is 12.5 Å². The van der Waals surface area contributed by atoms with Crippen LogP contribution in [0.2, 0.25) is 0 Å². The number of hydrogen-bond acceptors (Lipinski definition) is 4. The number of aromatic nitrogens is 1. The van der Waals surface area contributed by atoms with Gasteiger partial charge in [0.1, 0.15) is 11.6 Å². The zero-order valence-corrected chi connectivity index (χ0v) is 13.3. The Morgan fingerprint density at radius 3 is 2.78 bits per heavy atom. The van der Waals surface area contributed by atoms with Crippen LogP contribution in [0.25, 0.3) is 0 Å². The van der Waals surface area contributed by atoms with Crippen molar-refractivity contribution in [3.05, 3.63) is 48.2 Å². The Labute approximate surface area is 136 Å². The fraction of sp³-hybridized carbons (Fsp3) is 0.333. The molecule has 0 spiro atoms. The number of rotatable bonds is 5. The molecule has 1 fully saturated rings. The molecule has 120 valence electrons. The summed E-state index contributed by atoms with van der Waals surface area (Å²) in [5, 5.41) is 2.80. The van der Waals surface area contributed by atoms with E-state index >= 15 is 0 Å². The van der Waals surface area contributed by atoms with Gasteiger partial charge >= 0.3 is 0 Å². The van der Waals surface area contributed by atoms with Gasteiger partial charge in [-0.3, -0.25) is 4.79 Å². The molecule has 5 heteroatoms. The average Bonchev–Trinajstić information content (AvgIpc) is 3.08. The van der Waals surface area contributed by atoms with Crippen molar-refractivity contribution >= 4 is 17.4 Å². The fourth-order valence-electron chi connectivity index (χ4n) is 2.64. The molecular weight excluding hydrogens is 290 g/mol. The van der Waals surface area contributed by atoms with Crippen molar-refractivity contribution in [2.75, 3.05) is 29.9 Å². The van der Waals surface area contributed by atoms with Gasteiger partial charge < -0.3 is 15.0 Å². The lowest BCUT2D eigenvalue weighted by Crippen LogP contribution is -2.21. The van der Waals surface area contributed by atoms with Gasteiger partial charge in [0.15, 0.2) is 6.61 Å².